The van der Waals surface area contributed by atoms with Crippen LogP contribution in [0, 0.1) is 11.3 Å². The van der Waals surface area contributed by atoms with E-state index in [-0.39, 0.29) is 5.84 Å². The Kier molecular flexibility index (Phi) is 5.29. The number of hydrogen-bond donors (Lipinski definition) is 2. The van der Waals surface area contributed by atoms with Gasteiger partial charge in [-0.2, -0.15) is 0 Å². The molecule has 3 N–H and O–H groups in total. The van der Waals surface area contributed by atoms with Crippen LogP contribution in [0.1, 0.15) is 32.3 Å². The first kappa shape index (κ1) is 13.8. The van der Waals surface area contributed by atoms with Crippen LogP contribution in [0.2, 0.25) is 5.02 Å². The molecule has 1 rings (SSSR count). The second-order valence-electron chi connectivity index (χ2n) is 4.41. The first-order chi connectivity index (χ1) is 8.02. The summed E-state index contributed by atoms with van der Waals surface area (Å²) in [5, 5.41) is 7.94. The van der Waals surface area contributed by atoms with Gasteiger partial charge in [-0.05, 0) is 30.9 Å². The van der Waals surface area contributed by atoms with Crippen LogP contribution in [0.3, 0.4) is 0 Å². The summed E-state index contributed by atoms with van der Waals surface area (Å²) in [6.07, 6.45) is 2.11. The van der Waals surface area contributed by atoms with E-state index in [0.29, 0.717) is 28.9 Å². The van der Waals surface area contributed by atoms with Gasteiger partial charge in [-0.3, -0.25) is 5.41 Å². The van der Waals surface area contributed by atoms with Crippen LogP contribution in [0.15, 0.2) is 18.2 Å². The van der Waals surface area contributed by atoms with Crippen molar-refractivity contribution in [1.29, 1.82) is 5.41 Å². The molecule has 0 bridgehead atoms. The predicted molar refractivity (Wildman–Crippen MR) is 72.0 cm³/mol. The number of ether oxygens (including phenoxy) is 1. The van der Waals surface area contributed by atoms with E-state index in [9.17, 15) is 0 Å². The standard InChI is InChI=1S/C13H19ClN2O/c1-9(2)5-4-8-17-11-7-3-6-10(14)12(11)13(15)16/h3,6-7,9H,4-5,8H2,1-2H3,(H3,15,16). The third-order valence-corrected chi connectivity index (χ3v) is 2.74. The highest BCUT2D eigenvalue weighted by Crippen LogP contribution is 2.26. The third-order valence-electron chi connectivity index (χ3n) is 2.43. The highest BCUT2D eigenvalue weighted by atomic mass is 35.5. The van der Waals surface area contributed by atoms with E-state index >= 15 is 0 Å². The van der Waals surface area contributed by atoms with E-state index in [1.165, 1.54) is 0 Å². The van der Waals surface area contributed by atoms with Gasteiger partial charge in [0.1, 0.15) is 11.6 Å². The number of hydrogen-bond acceptors (Lipinski definition) is 2. The van der Waals surface area contributed by atoms with Crippen LogP contribution in [0.5, 0.6) is 5.75 Å². The van der Waals surface area contributed by atoms with Crippen molar-refractivity contribution in [2.75, 3.05) is 6.61 Å². The Hall–Kier alpha value is -1.22. The SMILES string of the molecule is CC(C)CCCOc1cccc(Cl)c1C(=N)N. The lowest BCUT2D eigenvalue weighted by atomic mass is 10.1. The zero-order chi connectivity index (χ0) is 12.8. The van der Waals surface area contributed by atoms with E-state index in [1.54, 1.807) is 18.2 Å². The Balaban J connectivity index is 2.64. The Morgan fingerprint density at radius 2 is 2.18 bits per heavy atom. The molecule has 4 heteroatoms. The molecule has 0 atom stereocenters. The van der Waals surface area contributed by atoms with E-state index in [2.05, 4.69) is 13.8 Å². The minimum atomic E-state index is -0.0607. The minimum Gasteiger partial charge on any atom is -0.493 e. The van der Waals surface area contributed by atoms with Gasteiger partial charge in [0, 0.05) is 0 Å². The van der Waals surface area contributed by atoms with Crippen molar-refractivity contribution in [3.63, 3.8) is 0 Å². The van der Waals surface area contributed by atoms with Crippen LogP contribution in [-0.2, 0) is 0 Å². The zero-order valence-corrected chi connectivity index (χ0v) is 11.1. The topological polar surface area (TPSA) is 59.1 Å². The van der Waals surface area contributed by atoms with Crippen LogP contribution in [0.4, 0.5) is 0 Å². The normalized spacial score (nSPS) is 10.6. The Morgan fingerprint density at radius 1 is 1.47 bits per heavy atom. The smallest absolute Gasteiger partial charge is 0.131 e. The van der Waals surface area contributed by atoms with E-state index in [0.717, 1.165) is 12.8 Å². The Labute approximate surface area is 107 Å². The number of nitrogens with one attached hydrogen (secondary N) is 1. The molecule has 0 spiro atoms. The number of nitrogen functional groups attached to an aromatic ring is 1. The van der Waals surface area contributed by atoms with Crippen molar-refractivity contribution < 1.29 is 4.74 Å². The lowest BCUT2D eigenvalue weighted by Crippen LogP contribution is -2.14. The van der Waals surface area contributed by atoms with Gasteiger partial charge < -0.3 is 10.5 Å². The fourth-order valence-electron chi connectivity index (χ4n) is 1.56. The highest BCUT2D eigenvalue weighted by Gasteiger charge is 2.10. The van der Waals surface area contributed by atoms with Crippen LogP contribution in [-0.4, -0.2) is 12.4 Å². The maximum absolute atomic E-state index is 7.48. The number of halogens is 1. The van der Waals surface area contributed by atoms with Crippen molar-refractivity contribution in [3.8, 4) is 5.75 Å². The molecule has 0 aromatic heterocycles. The summed E-state index contributed by atoms with van der Waals surface area (Å²) in [6, 6.07) is 5.30. The van der Waals surface area contributed by atoms with Gasteiger partial charge in [-0.25, -0.2) is 0 Å². The lowest BCUT2D eigenvalue weighted by Gasteiger charge is -2.12. The average Bonchev–Trinajstić information content (AvgIpc) is 2.23. The fourth-order valence-corrected chi connectivity index (χ4v) is 1.83. The number of nitrogens with two attached hydrogens (primary N) is 1. The quantitative estimate of drug-likeness (QED) is 0.464. The van der Waals surface area contributed by atoms with Crippen molar-refractivity contribution in [2.24, 2.45) is 11.7 Å². The molecule has 0 fully saturated rings. The molecule has 0 heterocycles. The van der Waals surface area contributed by atoms with Gasteiger partial charge in [0.2, 0.25) is 0 Å². The number of benzene rings is 1. The largest absolute Gasteiger partial charge is 0.493 e. The third kappa shape index (κ3) is 4.27. The van der Waals surface area contributed by atoms with Gasteiger partial charge in [0.15, 0.2) is 0 Å². The van der Waals surface area contributed by atoms with E-state index in [4.69, 9.17) is 27.5 Å². The zero-order valence-electron chi connectivity index (χ0n) is 10.3. The predicted octanol–water partition coefficient (Wildman–Crippen LogP) is 3.44. The molecular weight excluding hydrogens is 236 g/mol. The lowest BCUT2D eigenvalue weighted by molar-refractivity contribution is 0.297. The monoisotopic (exact) mass is 254 g/mol. The van der Waals surface area contributed by atoms with Gasteiger partial charge in [-0.15, -0.1) is 0 Å². The molecule has 0 radical (unpaired) electrons. The number of rotatable bonds is 6. The molecule has 0 aliphatic heterocycles. The molecule has 0 saturated heterocycles. The van der Waals surface area contributed by atoms with Crippen molar-refractivity contribution >= 4 is 17.4 Å². The maximum Gasteiger partial charge on any atom is 0.131 e. The molecular formula is C13H19ClN2O. The maximum atomic E-state index is 7.48. The molecule has 3 nitrogen and oxygen atoms in total. The van der Waals surface area contributed by atoms with Crippen molar-refractivity contribution in [2.45, 2.75) is 26.7 Å². The fraction of sp³-hybridized carbons (Fsp3) is 0.462. The number of amidine groups is 1. The summed E-state index contributed by atoms with van der Waals surface area (Å²) in [6.45, 7) is 4.99. The van der Waals surface area contributed by atoms with E-state index < -0.39 is 0 Å². The molecule has 0 amide bonds. The minimum absolute atomic E-state index is 0.0607. The second-order valence-corrected chi connectivity index (χ2v) is 4.82. The summed E-state index contributed by atoms with van der Waals surface area (Å²) in [4.78, 5) is 0. The molecule has 1 aromatic carbocycles. The molecule has 1 aromatic rings. The van der Waals surface area contributed by atoms with Gasteiger partial charge in [0.25, 0.3) is 0 Å². The molecule has 17 heavy (non-hydrogen) atoms. The molecule has 0 aliphatic rings. The van der Waals surface area contributed by atoms with Gasteiger partial charge in [0.05, 0.1) is 17.2 Å². The summed E-state index contributed by atoms with van der Waals surface area (Å²) in [5.41, 5.74) is 5.97. The van der Waals surface area contributed by atoms with E-state index in [1.807, 2.05) is 0 Å². The Morgan fingerprint density at radius 3 is 2.76 bits per heavy atom. The molecule has 94 valence electrons. The van der Waals surface area contributed by atoms with Gasteiger partial charge >= 0.3 is 0 Å². The summed E-state index contributed by atoms with van der Waals surface area (Å²) >= 11 is 5.99. The molecule has 0 unspecified atom stereocenters. The van der Waals surface area contributed by atoms with Crippen LogP contribution in [0.25, 0.3) is 0 Å². The summed E-state index contributed by atoms with van der Waals surface area (Å²) < 4.78 is 5.62. The average molecular weight is 255 g/mol. The summed E-state index contributed by atoms with van der Waals surface area (Å²) in [7, 11) is 0. The molecule has 0 aliphatic carbocycles. The molecule has 0 saturated carbocycles. The summed E-state index contributed by atoms with van der Waals surface area (Å²) in [5.74, 6) is 1.20. The first-order valence-corrected chi connectivity index (χ1v) is 6.16. The first-order valence-electron chi connectivity index (χ1n) is 5.78. The second kappa shape index (κ2) is 6.50. The van der Waals surface area contributed by atoms with Crippen LogP contribution < -0.4 is 10.5 Å². The Bertz CT molecular complexity index is 391. The van der Waals surface area contributed by atoms with Crippen molar-refractivity contribution in [3.05, 3.63) is 28.8 Å². The highest BCUT2D eigenvalue weighted by molar-refractivity contribution is 6.34. The van der Waals surface area contributed by atoms with Crippen molar-refractivity contribution in [1.82, 2.24) is 0 Å². The van der Waals surface area contributed by atoms with Gasteiger partial charge in [-0.1, -0.05) is 31.5 Å². The van der Waals surface area contributed by atoms with Crippen LogP contribution >= 0.6 is 11.6 Å².